The standard InChI is InChI=1S/C21H19FN2O5S/c1-2-28-20(26)18-14(17-15(22)4-3-5-16(17)30-18)11-29-19(25)13-8-6-12(7-9-13)10-24-21(23)27/h3-9H,2,10-11H2,1H3,(H3,23,24,27). The Kier molecular flexibility index (Phi) is 6.63. The largest absolute Gasteiger partial charge is 0.462 e. The maximum absolute atomic E-state index is 14.4. The van der Waals surface area contributed by atoms with Crippen LogP contribution in [0, 0.1) is 5.82 Å². The number of urea groups is 1. The third kappa shape index (κ3) is 4.74. The van der Waals surface area contributed by atoms with Gasteiger partial charge < -0.3 is 20.5 Å². The fourth-order valence-corrected chi connectivity index (χ4v) is 3.95. The lowest BCUT2D eigenvalue weighted by Crippen LogP contribution is -2.28. The van der Waals surface area contributed by atoms with Gasteiger partial charge in [0.1, 0.15) is 17.3 Å². The number of nitrogens with two attached hydrogens (primary N) is 1. The van der Waals surface area contributed by atoms with Crippen molar-refractivity contribution < 1.29 is 28.2 Å². The Morgan fingerprint density at radius 3 is 2.47 bits per heavy atom. The lowest BCUT2D eigenvalue weighted by atomic mass is 10.1. The van der Waals surface area contributed by atoms with Crippen LogP contribution < -0.4 is 11.1 Å². The van der Waals surface area contributed by atoms with Crippen molar-refractivity contribution in [2.45, 2.75) is 20.1 Å². The molecule has 0 saturated heterocycles. The minimum atomic E-state index is -0.647. The SMILES string of the molecule is CCOC(=O)c1sc2cccc(F)c2c1COC(=O)c1ccc(CNC(N)=O)cc1. The highest BCUT2D eigenvalue weighted by Gasteiger charge is 2.23. The van der Waals surface area contributed by atoms with Crippen molar-refractivity contribution in [3.8, 4) is 0 Å². The second-order valence-electron chi connectivity index (χ2n) is 6.23. The van der Waals surface area contributed by atoms with E-state index >= 15 is 0 Å². The molecule has 2 amide bonds. The van der Waals surface area contributed by atoms with E-state index in [0.29, 0.717) is 4.70 Å². The molecule has 3 N–H and O–H groups in total. The first-order valence-corrected chi connectivity index (χ1v) is 9.88. The normalized spacial score (nSPS) is 10.6. The van der Waals surface area contributed by atoms with Gasteiger partial charge >= 0.3 is 18.0 Å². The zero-order valence-electron chi connectivity index (χ0n) is 16.1. The summed E-state index contributed by atoms with van der Waals surface area (Å²) in [5.41, 5.74) is 6.33. The minimum Gasteiger partial charge on any atom is -0.462 e. The molecule has 0 saturated carbocycles. The van der Waals surface area contributed by atoms with E-state index in [9.17, 15) is 18.8 Å². The molecule has 0 spiro atoms. The molecule has 30 heavy (non-hydrogen) atoms. The van der Waals surface area contributed by atoms with E-state index in [1.54, 1.807) is 43.3 Å². The number of ether oxygens (including phenoxy) is 2. The molecule has 1 heterocycles. The second kappa shape index (κ2) is 9.36. The Bertz CT molecular complexity index is 1090. The van der Waals surface area contributed by atoms with Gasteiger partial charge in [-0.15, -0.1) is 11.3 Å². The topological polar surface area (TPSA) is 108 Å². The summed E-state index contributed by atoms with van der Waals surface area (Å²) in [6.45, 7) is 1.80. The van der Waals surface area contributed by atoms with E-state index in [1.807, 2.05) is 0 Å². The van der Waals surface area contributed by atoms with Gasteiger partial charge in [-0.25, -0.2) is 18.8 Å². The number of fused-ring (bicyclic) bond motifs is 1. The number of esters is 2. The summed E-state index contributed by atoms with van der Waals surface area (Å²) in [5, 5.41) is 2.69. The maximum Gasteiger partial charge on any atom is 0.348 e. The smallest absolute Gasteiger partial charge is 0.348 e. The second-order valence-corrected chi connectivity index (χ2v) is 7.29. The number of rotatable bonds is 7. The molecule has 2 aromatic carbocycles. The zero-order valence-corrected chi connectivity index (χ0v) is 16.9. The molecule has 0 aliphatic carbocycles. The predicted molar refractivity (Wildman–Crippen MR) is 110 cm³/mol. The van der Waals surface area contributed by atoms with Crippen LogP contribution in [0.4, 0.5) is 9.18 Å². The van der Waals surface area contributed by atoms with E-state index in [0.717, 1.165) is 16.9 Å². The Morgan fingerprint density at radius 1 is 1.07 bits per heavy atom. The summed E-state index contributed by atoms with van der Waals surface area (Å²) in [7, 11) is 0. The first-order valence-electron chi connectivity index (χ1n) is 9.07. The lowest BCUT2D eigenvalue weighted by molar-refractivity contribution is 0.0454. The van der Waals surface area contributed by atoms with Crippen molar-refractivity contribution >= 4 is 39.4 Å². The van der Waals surface area contributed by atoms with Crippen LogP contribution >= 0.6 is 11.3 Å². The summed E-state index contributed by atoms with van der Waals surface area (Å²) in [5.74, 6) is -1.72. The molecular formula is C21H19FN2O5S. The molecule has 3 rings (SSSR count). The molecule has 0 radical (unpaired) electrons. The molecule has 0 bridgehead atoms. The van der Waals surface area contributed by atoms with Gasteiger partial charge in [0.25, 0.3) is 0 Å². The summed E-state index contributed by atoms with van der Waals surface area (Å²) < 4.78 is 25.4. The number of thiophene rings is 1. The van der Waals surface area contributed by atoms with Gasteiger partial charge in [0.2, 0.25) is 0 Å². The molecule has 9 heteroatoms. The highest BCUT2D eigenvalue weighted by Crippen LogP contribution is 2.34. The predicted octanol–water partition coefficient (Wildman–Crippen LogP) is 3.74. The van der Waals surface area contributed by atoms with Crippen LogP contribution in [-0.4, -0.2) is 24.6 Å². The van der Waals surface area contributed by atoms with Gasteiger partial charge in [0.05, 0.1) is 12.2 Å². The van der Waals surface area contributed by atoms with Crippen molar-refractivity contribution in [1.29, 1.82) is 0 Å². The Morgan fingerprint density at radius 2 is 1.80 bits per heavy atom. The molecule has 0 aliphatic heterocycles. The molecule has 1 aromatic heterocycles. The minimum absolute atomic E-state index is 0.172. The quantitative estimate of drug-likeness (QED) is 0.555. The number of amides is 2. The highest BCUT2D eigenvalue weighted by molar-refractivity contribution is 7.21. The third-order valence-electron chi connectivity index (χ3n) is 4.23. The fraction of sp³-hybridized carbons (Fsp3) is 0.190. The average molecular weight is 430 g/mol. The summed E-state index contributed by atoms with van der Waals surface area (Å²) in [6, 6.07) is 10.3. The van der Waals surface area contributed by atoms with Crippen LogP contribution in [-0.2, 0) is 22.6 Å². The van der Waals surface area contributed by atoms with Gasteiger partial charge in [-0.2, -0.15) is 0 Å². The Hall–Kier alpha value is -3.46. The van der Waals surface area contributed by atoms with Gasteiger partial charge in [-0.3, -0.25) is 0 Å². The van der Waals surface area contributed by atoms with Crippen LogP contribution in [0.2, 0.25) is 0 Å². The van der Waals surface area contributed by atoms with Crippen molar-refractivity contribution in [2.24, 2.45) is 5.73 Å². The van der Waals surface area contributed by atoms with E-state index in [4.69, 9.17) is 15.2 Å². The molecule has 0 fully saturated rings. The number of halogens is 1. The van der Waals surface area contributed by atoms with Crippen molar-refractivity contribution in [3.05, 3.63) is 69.8 Å². The highest BCUT2D eigenvalue weighted by atomic mass is 32.1. The Balaban J connectivity index is 1.79. The maximum atomic E-state index is 14.4. The number of carbonyl (C=O) groups is 3. The molecule has 156 valence electrons. The number of hydrogen-bond acceptors (Lipinski definition) is 6. The van der Waals surface area contributed by atoms with Crippen LogP contribution in [0.5, 0.6) is 0 Å². The van der Waals surface area contributed by atoms with Gasteiger partial charge in [0.15, 0.2) is 0 Å². The van der Waals surface area contributed by atoms with Crippen LogP contribution in [0.3, 0.4) is 0 Å². The molecular weight excluding hydrogens is 411 g/mol. The number of benzene rings is 2. The number of carbonyl (C=O) groups excluding carboxylic acids is 3. The third-order valence-corrected chi connectivity index (χ3v) is 5.41. The lowest BCUT2D eigenvalue weighted by Gasteiger charge is -2.08. The van der Waals surface area contributed by atoms with Gasteiger partial charge in [-0.1, -0.05) is 18.2 Å². The van der Waals surface area contributed by atoms with Gasteiger partial charge in [-0.05, 0) is 36.8 Å². The molecule has 0 unspecified atom stereocenters. The Labute approximate surface area is 175 Å². The summed E-state index contributed by atoms with van der Waals surface area (Å²) in [6.07, 6.45) is 0. The average Bonchev–Trinajstić information content (AvgIpc) is 3.11. The van der Waals surface area contributed by atoms with E-state index in [2.05, 4.69) is 5.32 Å². The first-order chi connectivity index (χ1) is 14.4. The number of hydrogen-bond donors (Lipinski definition) is 2. The monoisotopic (exact) mass is 430 g/mol. The summed E-state index contributed by atoms with van der Waals surface area (Å²) >= 11 is 1.09. The number of nitrogens with one attached hydrogen (secondary N) is 1. The van der Waals surface area contributed by atoms with Crippen molar-refractivity contribution in [3.63, 3.8) is 0 Å². The van der Waals surface area contributed by atoms with Crippen molar-refractivity contribution in [2.75, 3.05) is 6.61 Å². The van der Waals surface area contributed by atoms with Crippen LogP contribution in [0.25, 0.3) is 10.1 Å². The van der Waals surface area contributed by atoms with Crippen LogP contribution in [0.1, 0.15) is 38.1 Å². The zero-order chi connectivity index (χ0) is 21.7. The van der Waals surface area contributed by atoms with E-state index in [1.165, 1.54) is 6.07 Å². The summed E-state index contributed by atoms with van der Waals surface area (Å²) in [4.78, 5) is 35.7. The van der Waals surface area contributed by atoms with Gasteiger partial charge in [0, 0.05) is 22.2 Å². The molecule has 7 nitrogen and oxygen atoms in total. The van der Waals surface area contributed by atoms with Crippen LogP contribution in [0.15, 0.2) is 42.5 Å². The molecule has 0 aliphatic rings. The first kappa shape index (κ1) is 21.3. The van der Waals surface area contributed by atoms with E-state index in [-0.39, 0.29) is 41.1 Å². The molecule has 0 atom stereocenters. The molecule has 3 aromatic rings. The number of primary amides is 1. The van der Waals surface area contributed by atoms with Crippen molar-refractivity contribution in [1.82, 2.24) is 5.32 Å². The fourth-order valence-electron chi connectivity index (χ4n) is 2.84. The van der Waals surface area contributed by atoms with E-state index < -0.39 is 23.8 Å².